The maximum absolute atomic E-state index is 10.8. The fraction of sp³-hybridized carbons (Fsp3) is 0.545. The number of aromatic nitrogens is 1. The smallest absolute Gasteiger partial charge is 0.331 e. The highest BCUT2D eigenvalue weighted by molar-refractivity contribution is 6.29. The predicted octanol–water partition coefficient (Wildman–Crippen LogP) is 3.35. The fourth-order valence-corrected chi connectivity index (χ4v) is 2.12. The van der Waals surface area contributed by atoms with Crippen molar-refractivity contribution in [3.63, 3.8) is 0 Å². The molecular weight excluding hydrogens is 244 g/mol. The van der Waals surface area contributed by atoms with Crippen molar-refractivity contribution in [3.05, 3.63) is 27.4 Å². The van der Waals surface area contributed by atoms with Crippen molar-refractivity contribution in [1.29, 1.82) is 0 Å². The number of rotatable bonds is 3. The average Bonchev–Trinajstić information content (AvgIpc) is 2.30. The molecule has 6 heteroatoms. The lowest BCUT2D eigenvalue weighted by Crippen LogP contribution is -2.20. The maximum Gasteiger partial charge on any atom is 0.331 e. The van der Waals surface area contributed by atoms with E-state index in [1.54, 1.807) is 0 Å². The first kappa shape index (κ1) is 12.1. The van der Waals surface area contributed by atoms with E-state index in [1.807, 2.05) is 0 Å². The molecule has 0 atom stereocenters. The summed E-state index contributed by atoms with van der Waals surface area (Å²) < 4.78 is 5.59. The van der Waals surface area contributed by atoms with E-state index in [4.69, 9.17) is 16.3 Å². The molecule has 0 amide bonds. The molecular formula is C11H13ClN2O3. The van der Waals surface area contributed by atoms with E-state index in [1.165, 1.54) is 18.6 Å². The summed E-state index contributed by atoms with van der Waals surface area (Å²) in [7, 11) is 0. The SMILES string of the molecule is O=[N+]([O-])c1ccc(Cl)nc1OC1CCCCC1. The van der Waals surface area contributed by atoms with Crippen molar-refractivity contribution in [2.45, 2.75) is 38.2 Å². The second kappa shape index (κ2) is 5.31. The lowest BCUT2D eigenvalue weighted by molar-refractivity contribution is -0.386. The van der Waals surface area contributed by atoms with Gasteiger partial charge in [-0.15, -0.1) is 0 Å². The summed E-state index contributed by atoms with van der Waals surface area (Å²) in [5.74, 6) is 0.0365. The van der Waals surface area contributed by atoms with Gasteiger partial charge in [-0.25, -0.2) is 0 Å². The Morgan fingerprint density at radius 2 is 2.06 bits per heavy atom. The van der Waals surface area contributed by atoms with Crippen LogP contribution in [0.1, 0.15) is 32.1 Å². The van der Waals surface area contributed by atoms with E-state index in [0.717, 1.165) is 25.7 Å². The number of nitrogens with zero attached hydrogens (tertiary/aromatic N) is 2. The molecule has 1 heterocycles. The quantitative estimate of drug-likeness (QED) is 0.473. The highest BCUT2D eigenvalue weighted by Gasteiger charge is 2.22. The third kappa shape index (κ3) is 3.06. The largest absolute Gasteiger partial charge is 0.469 e. The molecule has 0 spiro atoms. The van der Waals surface area contributed by atoms with Crippen LogP contribution in [0, 0.1) is 10.1 Å². The van der Waals surface area contributed by atoms with Gasteiger partial charge in [0.05, 0.1) is 4.92 Å². The van der Waals surface area contributed by atoms with E-state index >= 15 is 0 Å². The van der Waals surface area contributed by atoms with Gasteiger partial charge >= 0.3 is 5.69 Å². The molecule has 0 saturated heterocycles. The van der Waals surface area contributed by atoms with E-state index < -0.39 is 4.92 Å². The van der Waals surface area contributed by atoms with Crippen LogP contribution in [0.3, 0.4) is 0 Å². The number of pyridine rings is 1. The molecule has 1 aromatic heterocycles. The third-order valence-corrected chi connectivity index (χ3v) is 3.04. The van der Waals surface area contributed by atoms with Crippen LogP contribution in [0.15, 0.2) is 12.1 Å². The van der Waals surface area contributed by atoms with E-state index in [2.05, 4.69) is 4.98 Å². The topological polar surface area (TPSA) is 65.3 Å². The Morgan fingerprint density at radius 1 is 1.35 bits per heavy atom. The van der Waals surface area contributed by atoms with E-state index in [9.17, 15) is 10.1 Å². The Labute approximate surface area is 104 Å². The van der Waals surface area contributed by atoms with Gasteiger partial charge in [0.1, 0.15) is 11.3 Å². The summed E-state index contributed by atoms with van der Waals surface area (Å²) in [5, 5.41) is 11.0. The lowest BCUT2D eigenvalue weighted by atomic mass is 9.98. The predicted molar refractivity (Wildman–Crippen MR) is 63.4 cm³/mol. The lowest BCUT2D eigenvalue weighted by Gasteiger charge is -2.22. The summed E-state index contributed by atoms with van der Waals surface area (Å²) in [4.78, 5) is 14.2. The minimum Gasteiger partial charge on any atom is -0.469 e. The molecule has 0 aliphatic heterocycles. The summed E-state index contributed by atoms with van der Waals surface area (Å²) in [6.07, 6.45) is 5.26. The van der Waals surface area contributed by atoms with Crippen LogP contribution in [0.4, 0.5) is 5.69 Å². The van der Waals surface area contributed by atoms with Gasteiger partial charge in [0.2, 0.25) is 0 Å². The van der Waals surface area contributed by atoms with Crippen LogP contribution in [0.25, 0.3) is 0 Å². The Kier molecular flexibility index (Phi) is 3.78. The first-order valence-electron chi connectivity index (χ1n) is 5.64. The molecule has 1 aliphatic carbocycles. The standard InChI is InChI=1S/C11H13ClN2O3/c12-10-7-6-9(14(15)16)11(13-10)17-8-4-2-1-3-5-8/h6-8H,1-5H2. The van der Waals surface area contributed by atoms with Crippen molar-refractivity contribution >= 4 is 17.3 Å². The Balaban J connectivity index is 2.17. The van der Waals surface area contributed by atoms with Crippen LogP contribution >= 0.6 is 11.6 Å². The van der Waals surface area contributed by atoms with Gasteiger partial charge in [-0.05, 0) is 31.7 Å². The van der Waals surface area contributed by atoms with Crippen molar-refractivity contribution in [2.24, 2.45) is 0 Å². The first-order chi connectivity index (χ1) is 8.16. The highest BCUT2D eigenvalue weighted by atomic mass is 35.5. The van der Waals surface area contributed by atoms with Gasteiger partial charge in [-0.2, -0.15) is 4.98 Å². The number of nitro groups is 1. The second-order valence-corrected chi connectivity index (χ2v) is 4.48. The van der Waals surface area contributed by atoms with Crippen LogP contribution < -0.4 is 4.74 Å². The molecule has 1 fully saturated rings. The zero-order valence-electron chi connectivity index (χ0n) is 9.26. The number of halogens is 1. The monoisotopic (exact) mass is 256 g/mol. The zero-order valence-corrected chi connectivity index (χ0v) is 10.0. The van der Waals surface area contributed by atoms with Gasteiger partial charge in [0, 0.05) is 6.07 Å². The Hall–Kier alpha value is -1.36. The average molecular weight is 257 g/mol. The third-order valence-electron chi connectivity index (χ3n) is 2.83. The summed E-state index contributed by atoms with van der Waals surface area (Å²) >= 11 is 5.73. The molecule has 0 unspecified atom stereocenters. The van der Waals surface area contributed by atoms with Crippen LogP contribution in [0.5, 0.6) is 5.88 Å². The summed E-state index contributed by atoms with van der Waals surface area (Å²) in [6.45, 7) is 0. The van der Waals surface area contributed by atoms with Crippen LogP contribution in [-0.2, 0) is 0 Å². The molecule has 17 heavy (non-hydrogen) atoms. The summed E-state index contributed by atoms with van der Waals surface area (Å²) in [5.41, 5.74) is -0.125. The molecule has 2 rings (SSSR count). The van der Waals surface area contributed by atoms with E-state index in [-0.39, 0.29) is 22.8 Å². The van der Waals surface area contributed by atoms with Gasteiger partial charge < -0.3 is 4.74 Å². The molecule has 0 bridgehead atoms. The fourth-order valence-electron chi connectivity index (χ4n) is 1.98. The van der Waals surface area contributed by atoms with Gasteiger partial charge in [-0.1, -0.05) is 18.0 Å². The second-order valence-electron chi connectivity index (χ2n) is 4.09. The van der Waals surface area contributed by atoms with Crippen molar-refractivity contribution in [3.8, 4) is 5.88 Å². The molecule has 1 aromatic rings. The highest BCUT2D eigenvalue weighted by Crippen LogP contribution is 2.30. The molecule has 1 aliphatic rings. The van der Waals surface area contributed by atoms with Crippen molar-refractivity contribution in [2.75, 3.05) is 0 Å². The molecule has 0 radical (unpaired) electrons. The molecule has 0 N–H and O–H groups in total. The van der Waals surface area contributed by atoms with Gasteiger partial charge in [0.15, 0.2) is 0 Å². The minimum absolute atomic E-state index is 0.0217. The van der Waals surface area contributed by atoms with Gasteiger partial charge in [-0.3, -0.25) is 10.1 Å². The normalized spacial score (nSPS) is 16.8. The van der Waals surface area contributed by atoms with Crippen molar-refractivity contribution in [1.82, 2.24) is 4.98 Å². The number of ether oxygens (including phenoxy) is 1. The Morgan fingerprint density at radius 3 is 2.71 bits per heavy atom. The number of hydrogen-bond acceptors (Lipinski definition) is 4. The van der Waals surface area contributed by atoms with Crippen LogP contribution in [-0.4, -0.2) is 16.0 Å². The zero-order chi connectivity index (χ0) is 12.3. The minimum atomic E-state index is -0.499. The van der Waals surface area contributed by atoms with Crippen molar-refractivity contribution < 1.29 is 9.66 Å². The maximum atomic E-state index is 10.8. The molecule has 1 saturated carbocycles. The van der Waals surface area contributed by atoms with Gasteiger partial charge in [0.25, 0.3) is 5.88 Å². The molecule has 0 aromatic carbocycles. The molecule has 5 nitrogen and oxygen atoms in total. The number of hydrogen-bond donors (Lipinski definition) is 0. The Bertz CT molecular complexity index is 419. The molecule has 92 valence electrons. The first-order valence-corrected chi connectivity index (χ1v) is 6.02. The summed E-state index contributed by atoms with van der Waals surface area (Å²) in [6, 6.07) is 2.72. The van der Waals surface area contributed by atoms with Crippen LogP contribution in [0.2, 0.25) is 5.15 Å². The van der Waals surface area contributed by atoms with E-state index in [0.29, 0.717) is 0 Å².